The molecule has 0 bridgehead atoms. The van der Waals surface area contributed by atoms with Crippen LogP contribution < -0.4 is 4.74 Å². The summed E-state index contributed by atoms with van der Waals surface area (Å²) in [6.45, 7) is 0. The van der Waals surface area contributed by atoms with Crippen molar-refractivity contribution in [1.29, 1.82) is 0 Å². The van der Waals surface area contributed by atoms with Gasteiger partial charge in [-0.25, -0.2) is 4.79 Å². The third kappa shape index (κ3) is 4.56. The van der Waals surface area contributed by atoms with Crippen LogP contribution in [0.3, 0.4) is 0 Å². The summed E-state index contributed by atoms with van der Waals surface area (Å²) >= 11 is 3.20. The first kappa shape index (κ1) is 16.0. The number of carboxylic acids is 1. The monoisotopic (exact) mass is 300 g/mol. The van der Waals surface area contributed by atoms with E-state index in [0.717, 1.165) is 0 Å². The first-order chi connectivity index (χ1) is 9.37. The summed E-state index contributed by atoms with van der Waals surface area (Å²) in [5, 5.41) is 18.7. The predicted molar refractivity (Wildman–Crippen MR) is 69.0 cm³/mol. The molecule has 108 valence electrons. The van der Waals surface area contributed by atoms with E-state index in [4.69, 9.17) is 9.84 Å². The van der Waals surface area contributed by atoms with E-state index in [1.54, 1.807) is 18.2 Å². The minimum atomic E-state index is -2.61. The summed E-state index contributed by atoms with van der Waals surface area (Å²) in [7, 11) is 0. The quantitative estimate of drug-likeness (QED) is 0.305. The van der Waals surface area contributed by atoms with Gasteiger partial charge in [0.15, 0.2) is 5.60 Å². The molecule has 0 aliphatic carbocycles. The second-order valence-electron chi connectivity index (χ2n) is 3.94. The number of thiol groups is 1. The summed E-state index contributed by atoms with van der Waals surface area (Å²) in [6, 6.07) is 7.90. The average molecular weight is 300 g/mol. The number of carbonyl (C=O) groups is 3. The van der Waals surface area contributed by atoms with Gasteiger partial charge in [0.2, 0.25) is 0 Å². The fraction of sp³-hybridized carbons (Fsp3) is 0.250. The van der Waals surface area contributed by atoms with E-state index in [1.807, 2.05) is 0 Å². The van der Waals surface area contributed by atoms with Gasteiger partial charge in [0.25, 0.3) is 0 Å². The van der Waals surface area contributed by atoms with Crippen molar-refractivity contribution in [3.8, 4) is 5.75 Å². The van der Waals surface area contributed by atoms with E-state index in [2.05, 4.69) is 17.1 Å². The van der Waals surface area contributed by atoms with Gasteiger partial charge in [0.05, 0.1) is 12.8 Å². The van der Waals surface area contributed by atoms with Crippen LogP contribution in [-0.2, 0) is 18.6 Å². The molecule has 0 aliphatic rings. The van der Waals surface area contributed by atoms with E-state index in [0.29, 0.717) is 0 Å². The maximum atomic E-state index is 11.6. The van der Waals surface area contributed by atoms with Crippen LogP contribution >= 0.6 is 12.9 Å². The molecule has 1 unspecified atom stereocenters. The Labute approximate surface area is 119 Å². The van der Waals surface area contributed by atoms with Crippen LogP contribution in [0.1, 0.15) is 12.8 Å². The minimum absolute atomic E-state index is 0.196. The molecule has 7 nitrogen and oxygen atoms in total. The molecule has 0 spiro atoms. The molecule has 0 aromatic heterocycles. The Hall–Kier alpha value is -2.06. The standard InChI is InChI=1S/C12H12O7S/c13-9(18-8-4-2-1-3-5-8)6-12(17,11(15)16)7-10(14)19-20/h1-5,17,20H,6-7H2,(H,15,16). The van der Waals surface area contributed by atoms with Gasteiger partial charge in [0.1, 0.15) is 5.75 Å². The predicted octanol–water partition coefficient (Wildman–Crippen LogP) is 0.576. The zero-order valence-corrected chi connectivity index (χ0v) is 11.1. The van der Waals surface area contributed by atoms with Crippen LogP contribution in [0.5, 0.6) is 5.75 Å². The summed E-state index contributed by atoms with van der Waals surface area (Å²) < 4.78 is 8.82. The van der Waals surface area contributed by atoms with Gasteiger partial charge < -0.3 is 19.1 Å². The molecule has 0 aliphatic heterocycles. The number of aliphatic hydroxyl groups is 1. The Balaban J connectivity index is 2.73. The Morgan fingerprint density at radius 3 is 2.15 bits per heavy atom. The Kier molecular flexibility index (Phi) is 5.53. The van der Waals surface area contributed by atoms with Gasteiger partial charge in [-0.2, -0.15) is 0 Å². The van der Waals surface area contributed by atoms with Crippen LogP contribution in [0.25, 0.3) is 0 Å². The summed E-state index contributed by atoms with van der Waals surface area (Å²) in [4.78, 5) is 33.6. The molecule has 2 N–H and O–H groups in total. The number of carbonyl (C=O) groups excluding carboxylic acids is 2. The molecule has 1 aromatic rings. The zero-order valence-electron chi connectivity index (χ0n) is 10.2. The van der Waals surface area contributed by atoms with Gasteiger partial charge in [-0.15, -0.1) is 0 Å². The molecule has 0 fully saturated rings. The van der Waals surface area contributed by atoms with Crippen LogP contribution in [0, 0.1) is 0 Å². The number of hydrogen-bond acceptors (Lipinski definition) is 7. The second kappa shape index (κ2) is 6.92. The SMILES string of the molecule is O=C(CC(O)(CC(=O)Oc1ccccc1)C(=O)O)OS. The van der Waals surface area contributed by atoms with E-state index in [1.165, 1.54) is 12.1 Å². The zero-order chi connectivity index (χ0) is 15.2. The topological polar surface area (TPSA) is 110 Å². The largest absolute Gasteiger partial charge is 0.479 e. The summed E-state index contributed by atoms with van der Waals surface area (Å²) in [5.41, 5.74) is -2.61. The first-order valence-corrected chi connectivity index (χ1v) is 5.79. The van der Waals surface area contributed by atoms with Crippen LogP contribution in [0.2, 0.25) is 0 Å². The maximum Gasteiger partial charge on any atom is 0.336 e. The molecule has 0 saturated carbocycles. The fourth-order valence-electron chi connectivity index (χ4n) is 1.38. The lowest BCUT2D eigenvalue weighted by Crippen LogP contribution is -2.43. The van der Waals surface area contributed by atoms with Crippen LogP contribution in [0.4, 0.5) is 0 Å². The Morgan fingerprint density at radius 2 is 1.65 bits per heavy atom. The smallest absolute Gasteiger partial charge is 0.336 e. The number of aliphatic carboxylic acids is 1. The van der Waals surface area contributed by atoms with Gasteiger partial charge in [-0.1, -0.05) is 18.2 Å². The van der Waals surface area contributed by atoms with Crippen molar-refractivity contribution in [1.82, 2.24) is 0 Å². The van der Waals surface area contributed by atoms with Crippen molar-refractivity contribution in [2.24, 2.45) is 0 Å². The highest BCUT2D eigenvalue weighted by Crippen LogP contribution is 2.19. The highest BCUT2D eigenvalue weighted by molar-refractivity contribution is 7.75. The second-order valence-corrected chi connectivity index (χ2v) is 4.12. The lowest BCUT2D eigenvalue weighted by molar-refractivity contribution is -0.168. The first-order valence-electron chi connectivity index (χ1n) is 5.43. The lowest BCUT2D eigenvalue weighted by Gasteiger charge is -2.20. The van der Waals surface area contributed by atoms with Crippen LogP contribution in [0.15, 0.2) is 30.3 Å². The van der Waals surface area contributed by atoms with Crippen molar-refractivity contribution in [3.63, 3.8) is 0 Å². The van der Waals surface area contributed by atoms with E-state index < -0.39 is 36.4 Å². The van der Waals surface area contributed by atoms with Crippen molar-refractivity contribution >= 4 is 30.8 Å². The van der Waals surface area contributed by atoms with Crippen LogP contribution in [-0.4, -0.2) is 33.7 Å². The summed E-state index contributed by atoms with van der Waals surface area (Å²) in [6.07, 6.45) is -1.82. The van der Waals surface area contributed by atoms with E-state index >= 15 is 0 Å². The van der Waals surface area contributed by atoms with Crippen molar-refractivity contribution < 1.29 is 33.5 Å². The van der Waals surface area contributed by atoms with E-state index in [9.17, 15) is 19.5 Å². The third-order valence-corrected chi connectivity index (χ3v) is 2.55. The third-order valence-electron chi connectivity index (χ3n) is 2.35. The average Bonchev–Trinajstić information content (AvgIpc) is 2.39. The van der Waals surface area contributed by atoms with E-state index in [-0.39, 0.29) is 5.75 Å². The molecule has 1 atom stereocenters. The van der Waals surface area contributed by atoms with Crippen molar-refractivity contribution in [3.05, 3.63) is 30.3 Å². The highest BCUT2D eigenvalue weighted by Gasteiger charge is 2.42. The molecule has 1 aromatic carbocycles. The van der Waals surface area contributed by atoms with Gasteiger partial charge >= 0.3 is 17.9 Å². The van der Waals surface area contributed by atoms with Crippen molar-refractivity contribution in [2.45, 2.75) is 18.4 Å². The molecule has 1 rings (SSSR count). The molecule has 8 heteroatoms. The molecular formula is C12H12O7S. The Morgan fingerprint density at radius 1 is 1.10 bits per heavy atom. The minimum Gasteiger partial charge on any atom is -0.479 e. The number of esters is 1. The highest BCUT2D eigenvalue weighted by atomic mass is 32.1. The lowest BCUT2D eigenvalue weighted by atomic mass is 9.96. The molecule has 0 amide bonds. The number of carboxylic acid groups (broad SMARTS) is 1. The summed E-state index contributed by atoms with van der Waals surface area (Å²) in [5.74, 6) is -3.61. The van der Waals surface area contributed by atoms with Gasteiger partial charge in [-0.05, 0) is 12.1 Å². The fourth-order valence-corrected chi connectivity index (χ4v) is 1.44. The maximum absolute atomic E-state index is 11.6. The molecular weight excluding hydrogens is 288 g/mol. The number of ether oxygens (including phenoxy) is 1. The van der Waals surface area contributed by atoms with Gasteiger partial charge in [0, 0.05) is 12.9 Å². The van der Waals surface area contributed by atoms with Crippen molar-refractivity contribution in [2.75, 3.05) is 0 Å². The molecule has 0 saturated heterocycles. The number of rotatable bonds is 6. The normalized spacial score (nSPS) is 13.1. The molecule has 0 heterocycles. The van der Waals surface area contributed by atoms with Gasteiger partial charge in [-0.3, -0.25) is 9.59 Å². The molecule has 0 radical (unpaired) electrons. The number of benzene rings is 1. The number of para-hydroxylation sites is 1. The Bertz CT molecular complexity index is 502. The molecule has 20 heavy (non-hydrogen) atoms. The number of hydrogen-bond donors (Lipinski definition) is 3.